The zero-order valence-electron chi connectivity index (χ0n) is 11.0. The summed E-state index contributed by atoms with van der Waals surface area (Å²) in [5.41, 5.74) is 3.37. The number of allylic oxidation sites excluding steroid dienone is 1. The van der Waals surface area contributed by atoms with Crippen LogP contribution in [0.3, 0.4) is 0 Å². The first-order valence-corrected chi connectivity index (χ1v) is 8.10. The molecule has 0 amide bonds. The van der Waals surface area contributed by atoms with Crippen molar-refractivity contribution in [3.8, 4) is 0 Å². The molecule has 5 heteroatoms. The number of anilines is 1. The van der Waals surface area contributed by atoms with Crippen LogP contribution in [0.4, 0.5) is 5.95 Å². The second-order valence-corrected chi connectivity index (χ2v) is 6.10. The average molecular weight is 277 g/mol. The predicted octanol–water partition coefficient (Wildman–Crippen LogP) is 2.82. The minimum atomic E-state index is 0.0226. The predicted molar refractivity (Wildman–Crippen MR) is 79.5 cm³/mol. The summed E-state index contributed by atoms with van der Waals surface area (Å²) in [7, 11) is 0. The highest BCUT2D eigenvalue weighted by molar-refractivity contribution is 7.98. The number of hydrogen-bond donors (Lipinski definition) is 2. The summed E-state index contributed by atoms with van der Waals surface area (Å²) in [6.45, 7) is 0.848. The van der Waals surface area contributed by atoms with Crippen molar-refractivity contribution in [1.82, 2.24) is 9.97 Å². The van der Waals surface area contributed by atoms with Crippen LogP contribution in [0.2, 0.25) is 0 Å². The van der Waals surface area contributed by atoms with Gasteiger partial charge in [0.1, 0.15) is 0 Å². The Morgan fingerprint density at radius 2 is 2.32 bits per heavy atom. The zero-order valence-corrected chi connectivity index (χ0v) is 11.8. The summed E-state index contributed by atoms with van der Waals surface area (Å²) in [6.07, 6.45) is 8.51. The molecular formula is C14H19N3OS. The molecule has 3 rings (SSSR count). The van der Waals surface area contributed by atoms with E-state index in [0.29, 0.717) is 5.95 Å². The highest BCUT2D eigenvalue weighted by atomic mass is 32.2. The number of nitrogens with one attached hydrogen (secondary N) is 2. The summed E-state index contributed by atoms with van der Waals surface area (Å²) in [5, 5.41) is 3.25. The van der Waals surface area contributed by atoms with Crippen molar-refractivity contribution in [3.05, 3.63) is 33.3 Å². The van der Waals surface area contributed by atoms with Crippen molar-refractivity contribution >= 4 is 17.7 Å². The largest absolute Gasteiger partial charge is 0.355 e. The fourth-order valence-electron chi connectivity index (χ4n) is 2.62. The lowest BCUT2D eigenvalue weighted by Crippen LogP contribution is -2.18. The van der Waals surface area contributed by atoms with Crippen LogP contribution in [0.25, 0.3) is 0 Å². The van der Waals surface area contributed by atoms with Crippen molar-refractivity contribution in [2.45, 2.75) is 43.6 Å². The topological polar surface area (TPSA) is 57.8 Å². The fraction of sp³-hybridized carbons (Fsp3) is 0.571. The Kier molecular flexibility index (Phi) is 3.92. The Morgan fingerprint density at radius 3 is 3.16 bits per heavy atom. The van der Waals surface area contributed by atoms with Gasteiger partial charge in [-0.05, 0) is 32.1 Å². The van der Waals surface area contributed by atoms with Crippen molar-refractivity contribution in [2.24, 2.45) is 0 Å². The molecular weight excluding hydrogens is 258 g/mol. The molecule has 4 nitrogen and oxygen atoms in total. The Balaban J connectivity index is 1.60. The standard InChI is InChI=1S/C14H19N3OS/c18-13-11-8-19-9-12(11)16-14(17-13)15-7-6-10-4-2-1-3-5-10/h4H,1-3,5-9H2,(H2,15,16,17,18). The monoisotopic (exact) mass is 277 g/mol. The molecule has 1 aliphatic heterocycles. The normalized spacial score (nSPS) is 18.0. The van der Waals surface area contributed by atoms with E-state index in [1.54, 1.807) is 11.8 Å². The van der Waals surface area contributed by atoms with E-state index in [-0.39, 0.29) is 5.56 Å². The van der Waals surface area contributed by atoms with Gasteiger partial charge in [-0.15, -0.1) is 0 Å². The van der Waals surface area contributed by atoms with Crippen LogP contribution < -0.4 is 10.9 Å². The molecule has 0 atom stereocenters. The molecule has 0 radical (unpaired) electrons. The first kappa shape index (κ1) is 12.8. The van der Waals surface area contributed by atoms with E-state index in [1.165, 1.54) is 31.3 Å². The lowest BCUT2D eigenvalue weighted by Gasteiger charge is -2.13. The molecule has 2 heterocycles. The average Bonchev–Trinajstić information content (AvgIpc) is 2.89. The quantitative estimate of drug-likeness (QED) is 0.831. The SMILES string of the molecule is O=c1[nH]c(NCCC2=CCCCC2)nc2c1CSC2. The van der Waals surface area contributed by atoms with E-state index in [1.807, 2.05) is 0 Å². The van der Waals surface area contributed by atoms with Gasteiger partial charge in [0.2, 0.25) is 5.95 Å². The van der Waals surface area contributed by atoms with E-state index in [0.717, 1.165) is 35.7 Å². The van der Waals surface area contributed by atoms with Gasteiger partial charge in [0, 0.05) is 23.6 Å². The summed E-state index contributed by atoms with van der Waals surface area (Å²) >= 11 is 1.75. The second-order valence-electron chi connectivity index (χ2n) is 5.12. The van der Waals surface area contributed by atoms with Gasteiger partial charge in [0.25, 0.3) is 5.56 Å². The van der Waals surface area contributed by atoms with Crippen molar-refractivity contribution < 1.29 is 0 Å². The second kappa shape index (κ2) is 5.82. The van der Waals surface area contributed by atoms with Gasteiger partial charge in [-0.25, -0.2) is 4.98 Å². The molecule has 102 valence electrons. The Bertz CT molecular complexity index is 550. The summed E-state index contributed by atoms with van der Waals surface area (Å²) in [4.78, 5) is 19.2. The van der Waals surface area contributed by atoms with Crippen LogP contribution in [0.5, 0.6) is 0 Å². The smallest absolute Gasteiger partial charge is 0.256 e. The lowest BCUT2D eigenvalue weighted by molar-refractivity contribution is 0.679. The van der Waals surface area contributed by atoms with E-state index in [9.17, 15) is 4.79 Å². The van der Waals surface area contributed by atoms with Gasteiger partial charge in [-0.3, -0.25) is 9.78 Å². The minimum Gasteiger partial charge on any atom is -0.355 e. The molecule has 0 spiro atoms. The maximum absolute atomic E-state index is 11.8. The van der Waals surface area contributed by atoms with Crippen LogP contribution in [-0.4, -0.2) is 16.5 Å². The van der Waals surface area contributed by atoms with Gasteiger partial charge >= 0.3 is 0 Å². The van der Waals surface area contributed by atoms with Gasteiger partial charge in [-0.2, -0.15) is 11.8 Å². The molecule has 0 saturated carbocycles. The third-order valence-electron chi connectivity index (χ3n) is 3.71. The molecule has 19 heavy (non-hydrogen) atoms. The number of aromatic nitrogens is 2. The molecule has 0 saturated heterocycles. The molecule has 1 aliphatic carbocycles. The van der Waals surface area contributed by atoms with Crippen LogP contribution in [0, 0.1) is 0 Å². The number of H-pyrrole nitrogens is 1. The van der Waals surface area contributed by atoms with Crippen LogP contribution in [0.15, 0.2) is 16.4 Å². The number of hydrogen-bond acceptors (Lipinski definition) is 4. The molecule has 0 fully saturated rings. The van der Waals surface area contributed by atoms with E-state index < -0.39 is 0 Å². The van der Waals surface area contributed by atoms with Crippen molar-refractivity contribution in [3.63, 3.8) is 0 Å². The molecule has 2 N–H and O–H groups in total. The van der Waals surface area contributed by atoms with Crippen molar-refractivity contribution in [1.29, 1.82) is 0 Å². The van der Waals surface area contributed by atoms with Crippen LogP contribution in [0.1, 0.15) is 43.4 Å². The van der Waals surface area contributed by atoms with E-state index in [2.05, 4.69) is 21.4 Å². The zero-order chi connectivity index (χ0) is 13.1. The summed E-state index contributed by atoms with van der Waals surface area (Å²) in [5.74, 6) is 2.28. The Labute approximate surface area is 117 Å². The maximum Gasteiger partial charge on any atom is 0.256 e. The molecule has 2 aliphatic rings. The van der Waals surface area contributed by atoms with Gasteiger partial charge in [0.15, 0.2) is 0 Å². The Morgan fingerprint density at radius 1 is 1.37 bits per heavy atom. The van der Waals surface area contributed by atoms with Gasteiger partial charge < -0.3 is 5.32 Å². The third-order valence-corrected chi connectivity index (χ3v) is 4.68. The molecule has 0 unspecified atom stereocenters. The first-order valence-electron chi connectivity index (χ1n) is 6.94. The molecule has 0 aromatic carbocycles. The molecule has 1 aromatic heterocycles. The van der Waals surface area contributed by atoms with E-state index in [4.69, 9.17) is 0 Å². The molecule has 1 aromatic rings. The highest BCUT2D eigenvalue weighted by Gasteiger charge is 2.17. The molecule has 0 bridgehead atoms. The summed E-state index contributed by atoms with van der Waals surface area (Å²) < 4.78 is 0. The first-order chi connectivity index (χ1) is 9.33. The minimum absolute atomic E-state index is 0.0226. The number of aromatic amines is 1. The third kappa shape index (κ3) is 3.03. The van der Waals surface area contributed by atoms with Crippen LogP contribution >= 0.6 is 11.8 Å². The maximum atomic E-state index is 11.8. The van der Waals surface area contributed by atoms with Crippen LogP contribution in [-0.2, 0) is 11.5 Å². The lowest BCUT2D eigenvalue weighted by atomic mass is 9.97. The number of fused-ring (bicyclic) bond motifs is 1. The van der Waals surface area contributed by atoms with Gasteiger partial charge in [-0.1, -0.05) is 11.6 Å². The Hall–Kier alpha value is -1.23. The highest BCUT2D eigenvalue weighted by Crippen LogP contribution is 2.25. The summed E-state index contributed by atoms with van der Waals surface area (Å²) in [6, 6.07) is 0. The number of thioether (sulfide) groups is 1. The van der Waals surface area contributed by atoms with E-state index >= 15 is 0 Å². The van der Waals surface area contributed by atoms with Gasteiger partial charge in [0.05, 0.1) is 5.69 Å². The number of nitrogens with zero attached hydrogens (tertiary/aromatic N) is 1. The fourth-order valence-corrected chi connectivity index (χ4v) is 3.66. The van der Waals surface area contributed by atoms with Crippen molar-refractivity contribution in [2.75, 3.05) is 11.9 Å². The number of rotatable bonds is 4.